The van der Waals surface area contributed by atoms with Gasteiger partial charge in [-0.15, -0.1) is 13.2 Å². The molecule has 1 atom stereocenters. The highest BCUT2D eigenvalue weighted by molar-refractivity contribution is 5.60. The van der Waals surface area contributed by atoms with E-state index in [-0.39, 0.29) is 24.2 Å². The zero-order valence-corrected chi connectivity index (χ0v) is 16.7. The Morgan fingerprint density at radius 2 is 1.94 bits per heavy atom. The van der Waals surface area contributed by atoms with Crippen molar-refractivity contribution in [1.82, 2.24) is 14.5 Å². The summed E-state index contributed by atoms with van der Waals surface area (Å²) in [6, 6.07) is 8.90. The third-order valence-electron chi connectivity index (χ3n) is 4.80. The molecule has 0 radical (unpaired) electrons. The number of ether oxygens (including phenoxy) is 3. The van der Waals surface area contributed by atoms with Crippen molar-refractivity contribution in [3.63, 3.8) is 0 Å². The van der Waals surface area contributed by atoms with Crippen LogP contribution in [0.25, 0.3) is 11.3 Å². The van der Waals surface area contributed by atoms with Crippen molar-refractivity contribution < 1.29 is 32.3 Å². The molecule has 168 valence electrons. The van der Waals surface area contributed by atoms with Gasteiger partial charge in [-0.1, -0.05) is 0 Å². The van der Waals surface area contributed by atoms with Gasteiger partial charge in [0.2, 0.25) is 0 Å². The Labute approximate surface area is 179 Å². The number of halogens is 3. The predicted octanol–water partition coefficient (Wildman–Crippen LogP) is 4.37. The number of benzene rings is 1. The second-order valence-electron chi connectivity index (χ2n) is 7.37. The van der Waals surface area contributed by atoms with Crippen molar-refractivity contribution in [1.29, 1.82) is 0 Å². The number of imidazole rings is 1. The molecule has 4 rings (SSSR count). The van der Waals surface area contributed by atoms with Crippen molar-refractivity contribution in [2.24, 2.45) is 0 Å². The fourth-order valence-electron chi connectivity index (χ4n) is 3.15. The number of nitrogens with zero attached hydrogens (tertiary/aromatic N) is 4. The van der Waals surface area contributed by atoms with E-state index in [2.05, 4.69) is 14.7 Å². The van der Waals surface area contributed by atoms with Gasteiger partial charge in [-0.2, -0.15) is 0 Å². The first kappa shape index (κ1) is 21.4. The standard InChI is InChI=1S/C20H17F3N4O5/c1-19(8-9-26-11-17(27(28)29)25-18(26)32-19)12-30-15-6-7-16(24-10-15)13-2-4-14(5-3-13)31-20(21,22)23/h2-7,10-11H,8-9,12H2,1H3. The average Bonchev–Trinajstić information content (AvgIpc) is 3.15. The summed E-state index contributed by atoms with van der Waals surface area (Å²) in [5.74, 6) is -0.119. The maximum atomic E-state index is 12.3. The highest BCUT2D eigenvalue weighted by Gasteiger charge is 2.37. The monoisotopic (exact) mass is 450 g/mol. The largest absolute Gasteiger partial charge is 0.573 e. The molecule has 0 N–H and O–H groups in total. The molecule has 12 heteroatoms. The fourth-order valence-corrected chi connectivity index (χ4v) is 3.15. The number of alkyl halides is 3. The maximum Gasteiger partial charge on any atom is 0.573 e. The van der Waals surface area contributed by atoms with E-state index in [4.69, 9.17) is 9.47 Å². The Hall–Kier alpha value is -3.83. The summed E-state index contributed by atoms with van der Waals surface area (Å²) < 4.78 is 53.8. The van der Waals surface area contributed by atoms with Crippen molar-refractivity contribution in [2.45, 2.75) is 31.9 Å². The van der Waals surface area contributed by atoms with Gasteiger partial charge in [0.25, 0.3) is 0 Å². The molecule has 1 aromatic carbocycles. The van der Waals surface area contributed by atoms with Crippen LogP contribution >= 0.6 is 0 Å². The van der Waals surface area contributed by atoms with Crippen LogP contribution in [0.1, 0.15) is 13.3 Å². The van der Waals surface area contributed by atoms with E-state index in [9.17, 15) is 23.3 Å². The molecule has 1 unspecified atom stereocenters. The van der Waals surface area contributed by atoms with Gasteiger partial charge in [0, 0.05) is 23.5 Å². The molecule has 1 aliphatic rings. The Morgan fingerprint density at radius 1 is 1.22 bits per heavy atom. The minimum absolute atomic E-state index is 0.165. The van der Waals surface area contributed by atoms with Crippen LogP contribution in [-0.2, 0) is 6.54 Å². The first-order valence-electron chi connectivity index (χ1n) is 9.46. The lowest BCUT2D eigenvalue weighted by Gasteiger charge is -2.32. The number of hydrogen-bond acceptors (Lipinski definition) is 7. The first-order valence-corrected chi connectivity index (χ1v) is 9.46. The minimum atomic E-state index is -4.74. The van der Waals surface area contributed by atoms with Crippen LogP contribution in [0.4, 0.5) is 19.0 Å². The van der Waals surface area contributed by atoms with Gasteiger partial charge in [-0.3, -0.25) is 9.55 Å². The Morgan fingerprint density at radius 3 is 2.56 bits per heavy atom. The molecule has 3 heterocycles. The van der Waals surface area contributed by atoms with E-state index >= 15 is 0 Å². The van der Waals surface area contributed by atoms with Crippen LogP contribution in [0.2, 0.25) is 0 Å². The van der Waals surface area contributed by atoms with E-state index in [0.29, 0.717) is 30.0 Å². The molecular weight excluding hydrogens is 433 g/mol. The lowest BCUT2D eigenvalue weighted by Crippen LogP contribution is -2.43. The summed E-state index contributed by atoms with van der Waals surface area (Å²) in [5, 5.41) is 10.9. The van der Waals surface area contributed by atoms with E-state index in [1.807, 2.05) is 6.92 Å². The normalized spacial score (nSPS) is 17.9. The molecule has 1 aliphatic heterocycles. The molecule has 0 bridgehead atoms. The SMILES string of the molecule is CC1(COc2ccc(-c3ccc(OC(F)(F)F)cc3)nc2)CCn2cc([N+](=O)[O-])nc2O1. The Bertz CT molecular complexity index is 1120. The number of rotatable bonds is 6. The third-order valence-corrected chi connectivity index (χ3v) is 4.80. The van der Waals surface area contributed by atoms with E-state index in [1.165, 1.54) is 36.7 Å². The molecule has 0 saturated carbocycles. The summed E-state index contributed by atoms with van der Waals surface area (Å²) in [6.07, 6.45) is -1.36. The number of aryl methyl sites for hydroxylation is 1. The Kier molecular flexibility index (Phi) is 5.36. The number of fused-ring (bicyclic) bond motifs is 1. The van der Waals surface area contributed by atoms with Gasteiger partial charge in [0.05, 0.1) is 11.9 Å². The van der Waals surface area contributed by atoms with Crippen LogP contribution in [0.5, 0.6) is 17.5 Å². The highest BCUT2D eigenvalue weighted by atomic mass is 19.4. The van der Waals surface area contributed by atoms with Gasteiger partial charge in [-0.25, -0.2) is 0 Å². The van der Waals surface area contributed by atoms with E-state index in [0.717, 1.165) is 0 Å². The first-order chi connectivity index (χ1) is 15.1. The van der Waals surface area contributed by atoms with E-state index in [1.54, 1.807) is 16.7 Å². The van der Waals surface area contributed by atoms with Gasteiger partial charge in [0.1, 0.15) is 29.9 Å². The molecule has 3 aromatic rings. The topological polar surface area (TPSA) is 102 Å². The molecular formula is C20H17F3N4O5. The minimum Gasteiger partial charge on any atom is -0.488 e. The zero-order valence-electron chi connectivity index (χ0n) is 16.7. The van der Waals surface area contributed by atoms with Gasteiger partial charge >= 0.3 is 18.2 Å². The van der Waals surface area contributed by atoms with Crippen LogP contribution in [0.3, 0.4) is 0 Å². The molecule has 0 aliphatic carbocycles. The number of hydrogen-bond donors (Lipinski definition) is 0. The van der Waals surface area contributed by atoms with Crippen LogP contribution in [0, 0.1) is 10.1 Å². The summed E-state index contributed by atoms with van der Waals surface area (Å²) in [6.45, 7) is 2.49. The molecule has 32 heavy (non-hydrogen) atoms. The Balaban J connectivity index is 1.37. The molecule has 2 aromatic heterocycles. The molecule has 0 amide bonds. The lowest BCUT2D eigenvalue weighted by atomic mass is 10.0. The van der Waals surface area contributed by atoms with Crippen LogP contribution in [0.15, 0.2) is 48.8 Å². The number of nitro groups is 1. The predicted molar refractivity (Wildman–Crippen MR) is 104 cm³/mol. The van der Waals surface area contributed by atoms with Crippen LogP contribution < -0.4 is 14.2 Å². The average molecular weight is 450 g/mol. The number of pyridine rings is 1. The van der Waals surface area contributed by atoms with Crippen molar-refractivity contribution in [2.75, 3.05) is 6.61 Å². The van der Waals surface area contributed by atoms with Crippen LogP contribution in [-0.4, -0.2) is 38.0 Å². The summed E-state index contributed by atoms with van der Waals surface area (Å²) in [4.78, 5) is 18.5. The number of aromatic nitrogens is 3. The van der Waals surface area contributed by atoms with Gasteiger partial charge < -0.3 is 24.3 Å². The molecule has 9 nitrogen and oxygen atoms in total. The quantitative estimate of drug-likeness (QED) is 0.406. The van der Waals surface area contributed by atoms with Gasteiger partial charge in [0.15, 0.2) is 0 Å². The van der Waals surface area contributed by atoms with Gasteiger partial charge in [-0.05, 0) is 48.2 Å². The third kappa shape index (κ3) is 4.90. The van der Waals surface area contributed by atoms with Crippen molar-refractivity contribution in [3.8, 4) is 28.8 Å². The second-order valence-corrected chi connectivity index (χ2v) is 7.37. The molecule has 0 saturated heterocycles. The smallest absolute Gasteiger partial charge is 0.488 e. The summed E-state index contributed by atoms with van der Waals surface area (Å²) in [5.41, 5.74) is 0.426. The van der Waals surface area contributed by atoms with E-state index < -0.39 is 16.9 Å². The highest BCUT2D eigenvalue weighted by Crippen LogP contribution is 2.31. The zero-order chi connectivity index (χ0) is 22.9. The maximum absolute atomic E-state index is 12.3. The molecule has 0 fully saturated rings. The molecule has 0 spiro atoms. The second kappa shape index (κ2) is 8.02. The summed E-state index contributed by atoms with van der Waals surface area (Å²) in [7, 11) is 0. The lowest BCUT2D eigenvalue weighted by molar-refractivity contribution is -0.389. The van der Waals surface area contributed by atoms with Crippen molar-refractivity contribution >= 4 is 5.82 Å². The summed E-state index contributed by atoms with van der Waals surface area (Å²) >= 11 is 0. The van der Waals surface area contributed by atoms with Crippen molar-refractivity contribution in [3.05, 3.63) is 58.9 Å². The fraction of sp³-hybridized carbons (Fsp3) is 0.300.